The molecule has 0 saturated heterocycles. The highest BCUT2D eigenvalue weighted by atomic mass is 16.3. The molecular formula is C18H14N2O5. The predicted octanol–water partition coefficient (Wildman–Crippen LogP) is 0.509. The van der Waals surface area contributed by atoms with E-state index in [-0.39, 0.29) is 41.5 Å². The van der Waals surface area contributed by atoms with Gasteiger partial charge in [-0.2, -0.15) is 0 Å². The van der Waals surface area contributed by atoms with Gasteiger partial charge >= 0.3 is 11.8 Å². The molecule has 0 spiro atoms. The first-order valence-corrected chi connectivity index (χ1v) is 7.55. The van der Waals surface area contributed by atoms with E-state index in [1.54, 1.807) is 24.3 Å². The molecule has 0 atom stereocenters. The number of amides is 2. The largest absolute Gasteiger partial charge is 0.395 e. The number of aliphatic hydroxyl groups is 1. The SMILES string of the molecule is O=C(NCCO)C(=O)Nc1ccc2c(c1)C(=O)c1ccccc1C2=O. The summed E-state index contributed by atoms with van der Waals surface area (Å²) in [7, 11) is 0. The van der Waals surface area contributed by atoms with Gasteiger partial charge in [0, 0.05) is 34.5 Å². The van der Waals surface area contributed by atoms with Gasteiger partial charge in [-0.15, -0.1) is 0 Å². The minimum atomic E-state index is -0.927. The van der Waals surface area contributed by atoms with Crippen molar-refractivity contribution in [3.63, 3.8) is 0 Å². The number of rotatable bonds is 3. The molecule has 25 heavy (non-hydrogen) atoms. The lowest BCUT2D eigenvalue weighted by Crippen LogP contribution is -2.36. The molecule has 2 amide bonds. The summed E-state index contributed by atoms with van der Waals surface area (Å²) in [5.41, 5.74) is 1.32. The number of aliphatic hydroxyl groups excluding tert-OH is 1. The Morgan fingerprint density at radius 1 is 0.840 bits per heavy atom. The molecule has 0 saturated carbocycles. The quantitative estimate of drug-likeness (QED) is 0.602. The highest BCUT2D eigenvalue weighted by molar-refractivity contribution is 6.39. The van der Waals surface area contributed by atoms with Crippen LogP contribution in [-0.4, -0.2) is 41.6 Å². The number of hydrogen-bond donors (Lipinski definition) is 3. The average Bonchev–Trinajstić information content (AvgIpc) is 2.64. The summed E-state index contributed by atoms with van der Waals surface area (Å²) < 4.78 is 0. The maximum Gasteiger partial charge on any atom is 0.313 e. The zero-order valence-electron chi connectivity index (χ0n) is 13.0. The van der Waals surface area contributed by atoms with Crippen molar-refractivity contribution in [1.82, 2.24) is 5.32 Å². The average molecular weight is 338 g/mol. The number of anilines is 1. The Balaban J connectivity index is 1.88. The van der Waals surface area contributed by atoms with E-state index in [1.807, 2.05) is 0 Å². The van der Waals surface area contributed by atoms with Crippen molar-refractivity contribution in [2.45, 2.75) is 0 Å². The molecule has 7 heteroatoms. The molecule has 0 fully saturated rings. The van der Waals surface area contributed by atoms with E-state index < -0.39 is 11.8 Å². The van der Waals surface area contributed by atoms with Crippen molar-refractivity contribution in [1.29, 1.82) is 0 Å². The van der Waals surface area contributed by atoms with Crippen LogP contribution in [0.15, 0.2) is 42.5 Å². The van der Waals surface area contributed by atoms with E-state index in [2.05, 4.69) is 10.6 Å². The first kappa shape index (κ1) is 16.5. The Hall–Kier alpha value is -3.32. The number of nitrogens with one attached hydrogen (secondary N) is 2. The fourth-order valence-corrected chi connectivity index (χ4v) is 2.61. The first-order chi connectivity index (χ1) is 12.0. The molecule has 2 aromatic rings. The first-order valence-electron chi connectivity index (χ1n) is 7.55. The van der Waals surface area contributed by atoms with E-state index in [9.17, 15) is 19.2 Å². The summed E-state index contributed by atoms with van der Waals surface area (Å²) in [5, 5.41) is 13.2. The molecule has 0 unspecified atom stereocenters. The van der Waals surface area contributed by atoms with Crippen molar-refractivity contribution in [3.8, 4) is 0 Å². The molecule has 0 aliphatic heterocycles. The van der Waals surface area contributed by atoms with Crippen LogP contribution in [0.4, 0.5) is 5.69 Å². The topological polar surface area (TPSA) is 113 Å². The summed E-state index contributed by atoms with van der Waals surface area (Å²) in [6.45, 7) is -0.325. The lowest BCUT2D eigenvalue weighted by Gasteiger charge is -2.18. The lowest BCUT2D eigenvalue weighted by molar-refractivity contribution is -0.136. The predicted molar refractivity (Wildman–Crippen MR) is 88.5 cm³/mol. The van der Waals surface area contributed by atoms with Crippen LogP contribution in [0.25, 0.3) is 0 Å². The Kier molecular flexibility index (Phi) is 4.40. The Bertz CT molecular complexity index is 904. The van der Waals surface area contributed by atoms with Crippen molar-refractivity contribution in [3.05, 3.63) is 64.7 Å². The minimum Gasteiger partial charge on any atom is -0.395 e. The van der Waals surface area contributed by atoms with Gasteiger partial charge in [0.1, 0.15) is 0 Å². The van der Waals surface area contributed by atoms with Crippen molar-refractivity contribution < 1.29 is 24.3 Å². The highest BCUT2D eigenvalue weighted by Gasteiger charge is 2.29. The zero-order chi connectivity index (χ0) is 18.0. The van der Waals surface area contributed by atoms with E-state index in [0.717, 1.165) is 0 Å². The Morgan fingerprint density at radius 2 is 1.44 bits per heavy atom. The van der Waals surface area contributed by atoms with Gasteiger partial charge in [0.15, 0.2) is 11.6 Å². The molecule has 1 aliphatic rings. The second-order valence-corrected chi connectivity index (χ2v) is 5.40. The summed E-state index contributed by atoms with van der Waals surface area (Å²) in [4.78, 5) is 48.4. The maximum atomic E-state index is 12.6. The smallest absolute Gasteiger partial charge is 0.313 e. The number of ketones is 2. The van der Waals surface area contributed by atoms with Gasteiger partial charge < -0.3 is 15.7 Å². The van der Waals surface area contributed by atoms with Crippen molar-refractivity contribution in [2.24, 2.45) is 0 Å². The Labute approximate surface area is 142 Å². The van der Waals surface area contributed by atoms with E-state index >= 15 is 0 Å². The molecule has 7 nitrogen and oxygen atoms in total. The number of carbonyl (C=O) groups is 4. The second-order valence-electron chi connectivity index (χ2n) is 5.40. The van der Waals surface area contributed by atoms with Gasteiger partial charge in [-0.05, 0) is 18.2 Å². The van der Waals surface area contributed by atoms with E-state index in [4.69, 9.17) is 5.11 Å². The number of fused-ring (bicyclic) bond motifs is 2. The van der Waals surface area contributed by atoms with Crippen LogP contribution in [0.2, 0.25) is 0 Å². The summed E-state index contributed by atoms with van der Waals surface area (Å²) in [6.07, 6.45) is 0. The second kappa shape index (κ2) is 6.66. The third kappa shape index (κ3) is 3.05. The van der Waals surface area contributed by atoms with E-state index in [0.29, 0.717) is 11.1 Å². The minimum absolute atomic E-state index is 0.0415. The fraction of sp³-hybridized carbons (Fsp3) is 0.111. The highest BCUT2D eigenvalue weighted by Crippen LogP contribution is 2.29. The van der Waals surface area contributed by atoms with Crippen molar-refractivity contribution in [2.75, 3.05) is 18.5 Å². The van der Waals surface area contributed by atoms with Crippen LogP contribution < -0.4 is 10.6 Å². The standard InChI is InChI=1S/C18H14N2O5/c21-8-7-19-17(24)18(25)20-10-5-6-13-14(9-10)16(23)12-4-2-1-3-11(12)15(13)22/h1-6,9,21H,7-8H2,(H,19,24)(H,20,25). The molecular weight excluding hydrogens is 324 g/mol. The molecule has 3 rings (SSSR count). The molecule has 1 aliphatic carbocycles. The van der Waals surface area contributed by atoms with Gasteiger partial charge in [-0.1, -0.05) is 24.3 Å². The fourth-order valence-electron chi connectivity index (χ4n) is 2.61. The summed E-state index contributed by atoms with van der Waals surface area (Å²) in [6, 6.07) is 10.8. The molecule has 0 heterocycles. The number of hydrogen-bond acceptors (Lipinski definition) is 5. The van der Waals surface area contributed by atoms with Crippen LogP contribution in [0, 0.1) is 0 Å². The van der Waals surface area contributed by atoms with Gasteiger partial charge in [-0.3, -0.25) is 19.2 Å². The molecule has 0 radical (unpaired) electrons. The summed E-state index contributed by atoms with van der Waals surface area (Å²) in [5.74, 6) is -2.40. The van der Waals surface area contributed by atoms with Crippen LogP contribution in [-0.2, 0) is 9.59 Å². The van der Waals surface area contributed by atoms with Crippen LogP contribution in [0.5, 0.6) is 0 Å². The van der Waals surface area contributed by atoms with Gasteiger partial charge in [0.25, 0.3) is 0 Å². The third-order valence-electron chi connectivity index (χ3n) is 3.79. The van der Waals surface area contributed by atoms with Gasteiger partial charge in [0.05, 0.1) is 6.61 Å². The van der Waals surface area contributed by atoms with E-state index in [1.165, 1.54) is 18.2 Å². The lowest BCUT2D eigenvalue weighted by atomic mass is 9.84. The normalized spacial score (nSPS) is 12.2. The zero-order valence-corrected chi connectivity index (χ0v) is 13.0. The van der Waals surface area contributed by atoms with Crippen LogP contribution in [0.3, 0.4) is 0 Å². The monoisotopic (exact) mass is 338 g/mol. The van der Waals surface area contributed by atoms with Gasteiger partial charge in [-0.25, -0.2) is 0 Å². The van der Waals surface area contributed by atoms with Crippen molar-refractivity contribution >= 4 is 29.1 Å². The van der Waals surface area contributed by atoms with Gasteiger partial charge in [0.2, 0.25) is 0 Å². The van der Waals surface area contributed by atoms with Crippen LogP contribution in [0.1, 0.15) is 31.8 Å². The Morgan fingerprint density at radius 3 is 2.08 bits per heavy atom. The molecule has 126 valence electrons. The molecule has 2 aromatic carbocycles. The number of carbonyl (C=O) groups excluding carboxylic acids is 4. The number of benzene rings is 2. The molecule has 3 N–H and O–H groups in total. The molecule has 0 aromatic heterocycles. The summed E-state index contributed by atoms with van der Waals surface area (Å²) >= 11 is 0. The van der Waals surface area contributed by atoms with Crippen LogP contribution >= 0.6 is 0 Å². The molecule has 0 bridgehead atoms. The maximum absolute atomic E-state index is 12.6. The third-order valence-corrected chi connectivity index (χ3v) is 3.79.